The molecule has 0 aliphatic rings. The Morgan fingerprint density at radius 2 is 2.00 bits per heavy atom. The third-order valence-corrected chi connectivity index (χ3v) is 2.38. The maximum atomic E-state index is 8.97. The van der Waals surface area contributed by atoms with Crippen LogP contribution < -0.4 is 0 Å². The standard InChI is InChI=1S/C10H19N3O2/c1-7(2)10-12-11-9(15-10)5-13(4)8(3)6-14/h7-8,14H,5-6H2,1-4H3. The summed E-state index contributed by atoms with van der Waals surface area (Å²) in [5.74, 6) is 1.52. The molecular formula is C10H19N3O2. The molecule has 0 aliphatic heterocycles. The Morgan fingerprint density at radius 3 is 2.47 bits per heavy atom. The van der Waals surface area contributed by atoms with Crippen molar-refractivity contribution in [3.63, 3.8) is 0 Å². The predicted octanol–water partition coefficient (Wildman–Crippen LogP) is 1.01. The number of aliphatic hydroxyl groups excluding tert-OH is 1. The topological polar surface area (TPSA) is 62.4 Å². The van der Waals surface area contributed by atoms with Crippen LogP contribution in [0.3, 0.4) is 0 Å². The summed E-state index contributed by atoms with van der Waals surface area (Å²) in [5.41, 5.74) is 0. The van der Waals surface area contributed by atoms with Crippen molar-refractivity contribution in [2.24, 2.45) is 0 Å². The quantitative estimate of drug-likeness (QED) is 0.790. The molecule has 15 heavy (non-hydrogen) atoms. The fraction of sp³-hybridized carbons (Fsp3) is 0.800. The first-order chi connectivity index (χ1) is 7.04. The fourth-order valence-corrected chi connectivity index (χ4v) is 1.07. The highest BCUT2D eigenvalue weighted by molar-refractivity contribution is 4.87. The van der Waals surface area contributed by atoms with Gasteiger partial charge in [-0.05, 0) is 14.0 Å². The zero-order valence-electron chi connectivity index (χ0n) is 9.77. The molecular weight excluding hydrogens is 194 g/mol. The van der Waals surface area contributed by atoms with Gasteiger partial charge in [-0.25, -0.2) is 0 Å². The van der Waals surface area contributed by atoms with Crippen molar-refractivity contribution in [1.29, 1.82) is 0 Å². The molecule has 0 fully saturated rings. The van der Waals surface area contributed by atoms with Gasteiger partial charge < -0.3 is 9.52 Å². The highest BCUT2D eigenvalue weighted by Gasteiger charge is 2.14. The molecule has 0 saturated heterocycles. The molecule has 0 saturated carbocycles. The number of aliphatic hydroxyl groups is 1. The van der Waals surface area contributed by atoms with E-state index in [4.69, 9.17) is 9.52 Å². The molecule has 1 N–H and O–H groups in total. The molecule has 1 unspecified atom stereocenters. The average molecular weight is 213 g/mol. The Kier molecular flexibility index (Phi) is 4.23. The molecule has 0 aliphatic carbocycles. The Balaban J connectivity index is 2.57. The number of likely N-dealkylation sites (N-methyl/N-ethyl adjacent to an activating group) is 1. The molecule has 1 heterocycles. The minimum atomic E-state index is 0.0967. The second kappa shape index (κ2) is 5.23. The van der Waals surface area contributed by atoms with E-state index in [2.05, 4.69) is 10.2 Å². The Morgan fingerprint density at radius 1 is 1.33 bits per heavy atom. The molecule has 0 spiro atoms. The van der Waals surface area contributed by atoms with Crippen LogP contribution in [0.4, 0.5) is 0 Å². The van der Waals surface area contributed by atoms with Gasteiger partial charge in [0.15, 0.2) is 0 Å². The van der Waals surface area contributed by atoms with Gasteiger partial charge in [-0.2, -0.15) is 0 Å². The van der Waals surface area contributed by atoms with Gasteiger partial charge in [0.05, 0.1) is 13.2 Å². The summed E-state index contributed by atoms with van der Waals surface area (Å²) >= 11 is 0. The van der Waals surface area contributed by atoms with Crippen molar-refractivity contribution in [2.75, 3.05) is 13.7 Å². The highest BCUT2D eigenvalue weighted by atomic mass is 16.4. The summed E-state index contributed by atoms with van der Waals surface area (Å²) in [5, 5.41) is 16.9. The third kappa shape index (κ3) is 3.28. The van der Waals surface area contributed by atoms with Crippen molar-refractivity contribution >= 4 is 0 Å². The van der Waals surface area contributed by atoms with Crippen molar-refractivity contribution < 1.29 is 9.52 Å². The van der Waals surface area contributed by atoms with E-state index < -0.39 is 0 Å². The van der Waals surface area contributed by atoms with Gasteiger partial charge in [0.25, 0.3) is 0 Å². The first-order valence-corrected chi connectivity index (χ1v) is 5.18. The van der Waals surface area contributed by atoms with Crippen molar-refractivity contribution in [3.8, 4) is 0 Å². The van der Waals surface area contributed by atoms with E-state index in [0.717, 1.165) is 0 Å². The van der Waals surface area contributed by atoms with E-state index in [1.165, 1.54) is 0 Å². The van der Waals surface area contributed by atoms with Gasteiger partial charge in [-0.3, -0.25) is 4.90 Å². The first-order valence-electron chi connectivity index (χ1n) is 5.18. The molecule has 0 bridgehead atoms. The zero-order chi connectivity index (χ0) is 11.4. The van der Waals surface area contributed by atoms with E-state index in [-0.39, 0.29) is 18.6 Å². The maximum Gasteiger partial charge on any atom is 0.230 e. The normalized spacial score (nSPS) is 13.8. The van der Waals surface area contributed by atoms with Crippen LogP contribution in [0.1, 0.15) is 38.5 Å². The average Bonchev–Trinajstić information content (AvgIpc) is 2.65. The SMILES string of the molecule is CC(C)c1nnc(CN(C)C(C)CO)o1. The molecule has 1 aromatic rings. The summed E-state index contributed by atoms with van der Waals surface area (Å²) in [4.78, 5) is 1.97. The van der Waals surface area contributed by atoms with Crippen molar-refractivity contribution in [2.45, 2.75) is 39.3 Å². The number of nitrogens with zero attached hydrogens (tertiary/aromatic N) is 3. The highest BCUT2D eigenvalue weighted by Crippen LogP contribution is 2.13. The van der Waals surface area contributed by atoms with E-state index in [0.29, 0.717) is 18.3 Å². The van der Waals surface area contributed by atoms with Gasteiger partial charge in [-0.1, -0.05) is 13.8 Å². The minimum absolute atomic E-state index is 0.0967. The van der Waals surface area contributed by atoms with Crippen molar-refractivity contribution in [3.05, 3.63) is 11.8 Å². The van der Waals surface area contributed by atoms with Crippen LogP contribution >= 0.6 is 0 Å². The van der Waals surface area contributed by atoms with Gasteiger partial charge in [0.2, 0.25) is 11.8 Å². The molecule has 1 aromatic heterocycles. The lowest BCUT2D eigenvalue weighted by atomic mass is 10.2. The third-order valence-electron chi connectivity index (χ3n) is 2.38. The van der Waals surface area contributed by atoms with Crippen LogP contribution in [0.25, 0.3) is 0 Å². The van der Waals surface area contributed by atoms with Gasteiger partial charge in [-0.15, -0.1) is 10.2 Å². The minimum Gasteiger partial charge on any atom is -0.424 e. The van der Waals surface area contributed by atoms with Crippen LogP contribution in [0.5, 0.6) is 0 Å². The van der Waals surface area contributed by atoms with Crippen LogP contribution in [-0.2, 0) is 6.54 Å². The molecule has 0 radical (unpaired) electrons. The maximum absolute atomic E-state index is 8.97. The van der Waals surface area contributed by atoms with Crippen molar-refractivity contribution in [1.82, 2.24) is 15.1 Å². The number of aromatic nitrogens is 2. The fourth-order valence-electron chi connectivity index (χ4n) is 1.07. The smallest absolute Gasteiger partial charge is 0.230 e. The van der Waals surface area contributed by atoms with Gasteiger partial charge >= 0.3 is 0 Å². The van der Waals surface area contributed by atoms with Crippen LogP contribution in [0.2, 0.25) is 0 Å². The van der Waals surface area contributed by atoms with Gasteiger partial charge in [0.1, 0.15) is 0 Å². The van der Waals surface area contributed by atoms with Gasteiger partial charge in [0, 0.05) is 12.0 Å². The van der Waals surface area contributed by atoms with E-state index >= 15 is 0 Å². The number of rotatable bonds is 5. The molecule has 0 aromatic carbocycles. The Bertz CT molecular complexity index is 299. The lowest BCUT2D eigenvalue weighted by Crippen LogP contribution is -2.31. The molecule has 1 atom stereocenters. The lowest BCUT2D eigenvalue weighted by Gasteiger charge is -2.20. The summed E-state index contributed by atoms with van der Waals surface area (Å²) in [7, 11) is 1.92. The Hall–Kier alpha value is -0.940. The predicted molar refractivity (Wildman–Crippen MR) is 56.4 cm³/mol. The second-order valence-electron chi connectivity index (χ2n) is 4.14. The van der Waals surface area contributed by atoms with E-state index in [9.17, 15) is 0 Å². The molecule has 1 rings (SSSR count). The van der Waals surface area contributed by atoms with E-state index in [1.807, 2.05) is 32.7 Å². The molecule has 86 valence electrons. The summed E-state index contributed by atoms with van der Waals surface area (Å²) < 4.78 is 5.46. The lowest BCUT2D eigenvalue weighted by molar-refractivity contribution is 0.144. The number of hydrogen-bond acceptors (Lipinski definition) is 5. The monoisotopic (exact) mass is 213 g/mol. The first kappa shape index (κ1) is 12.1. The second-order valence-corrected chi connectivity index (χ2v) is 4.14. The van der Waals surface area contributed by atoms with Crippen LogP contribution in [0.15, 0.2) is 4.42 Å². The number of hydrogen-bond donors (Lipinski definition) is 1. The molecule has 5 heteroatoms. The van der Waals surface area contributed by atoms with Crippen LogP contribution in [-0.4, -0.2) is 39.9 Å². The molecule has 0 amide bonds. The van der Waals surface area contributed by atoms with Crippen LogP contribution in [0, 0.1) is 0 Å². The summed E-state index contributed by atoms with van der Waals surface area (Å²) in [6.07, 6.45) is 0. The summed E-state index contributed by atoms with van der Waals surface area (Å²) in [6, 6.07) is 0.0967. The summed E-state index contributed by atoms with van der Waals surface area (Å²) in [6.45, 7) is 6.66. The van der Waals surface area contributed by atoms with E-state index in [1.54, 1.807) is 0 Å². The largest absolute Gasteiger partial charge is 0.424 e. The zero-order valence-corrected chi connectivity index (χ0v) is 9.77. The molecule has 5 nitrogen and oxygen atoms in total. The Labute approximate surface area is 90.1 Å².